The minimum atomic E-state index is -0.404. The number of ether oxygens (including phenoxy) is 1. The molecule has 1 fully saturated rings. The number of nitrogens with zero attached hydrogens (tertiary/aromatic N) is 3. The van der Waals surface area contributed by atoms with Crippen molar-refractivity contribution in [1.82, 2.24) is 9.97 Å². The summed E-state index contributed by atoms with van der Waals surface area (Å²) in [6.07, 6.45) is 7.80. The molecule has 2 aromatic heterocycles. The van der Waals surface area contributed by atoms with E-state index in [4.69, 9.17) is 16.3 Å². The van der Waals surface area contributed by atoms with Crippen LogP contribution in [0.1, 0.15) is 40.0 Å². The summed E-state index contributed by atoms with van der Waals surface area (Å²) in [7, 11) is 1.37. The highest BCUT2D eigenvalue weighted by molar-refractivity contribution is 6.30. The molecule has 0 spiro atoms. The van der Waals surface area contributed by atoms with E-state index in [0.717, 1.165) is 37.2 Å². The number of piperidine rings is 1. The van der Waals surface area contributed by atoms with E-state index in [-0.39, 0.29) is 11.9 Å². The lowest BCUT2D eigenvalue weighted by atomic mass is 9.99. The molecule has 2 N–H and O–H groups in total. The molecule has 8 nitrogen and oxygen atoms in total. The fourth-order valence-electron chi connectivity index (χ4n) is 4.13. The number of aromatic nitrogens is 2. The molecule has 1 aliphatic heterocycles. The Labute approximate surface area is 203 Å². The Bertz CT molecular complexity index is 1160. The van der Waals surface area contributed by atoms with E-state index < -0.39 is 5.97 Å². The van der Waals surface area contributed by atoms with Crippen molar-refractivity contribution >= 4 is 40.7 Å². The van der Waals surface area contributed by atoms with Crippen molar-refractivity contribution in [3.63, 3.8) is 0 Å². The lowest BCUT2D eigenvalue weighted by Gasteiger charge is -2.38. The summed E-state index contributed by atoms with van der Waals surface area (Å²) in [5.74, 6) is -0.241. The van der Waals surface area contributed by atoms with E-state index >= 15 is 0 Å². The molecule has 0 aliphatic carbocycles. The Morgan fingerprint density at radius 3 is 2.76 bits per heavy atom. The molecule has 1 unspecified atom stereocenters. The normalized spacial score (nSPS) is 15.5. The highest BCUT2D eigenvalue weighted by Gasteiger charge is 2.27. The van der Waals surface area contributed by atoms with Crippen LogP contribution in [0.15, 0.2) is 61.1 Å². The Morgan fingerprint density at radius 1 is 1.12 bits per heavy atom. The molecule has 0 bridgehead atoms. The first-order valence-corrected chi connectivity index (χ1v) is 11.5. The van der Waals surface area contributed by atoms with Crippen molar-refractivity contribution in [3.8, 4) is 0 Å². The maximum absolute atomic E-state index is 12.9. The zero-order chi connectivity index (χ0) is 23.9. The fourth-order valence-corrected chi connectivity index (χ4v) is 4.24. The van der Waals surface area contributed by atoms with Crippen molar-refractivity contribution < 1.29 is 14.3 Å². The maximum atomic E-state index is 12.9. The van der Waals surface area contributed by atoms with Gasteiger partial charge >= 0.3 is 5.97 Å². The summed E-state index contributed by atoms with van der Waals surface area (Å²) in [4.78, 5) is 35.7. The summed E-state index contributed by atoms with van der Waals surface area (Å²) in [6, 6.07) is 12.7. The van der Waals surface area contributed by atoms with Gasteiger partial charge in [0.15, 0.2) is 0 Å². The number of hydrogen-bond acceptors (Lipinski definition) is 7. The highest BCUT2D eigenvalue weighted by Crippen LogP contribution is 2.29. The van der Waals surface area contributed by atoms with Gasteiger partial charge in [0.2, 0.25) is 0 Å². The largest absolute Gasteiger partial charge is 0.465 e. The standard InChI is InChI=1S/C25H26ClN5O3/c1-34-25(33)20-16-27-12-11-22(20)31-13-5-4-6-18(31)15-28-21-8-3-2-7-19(21)24(32)30-23-10-9-17(26)14-29-23/h2-3,7-12,14,16,18,28H,4-6,13,15H2,1H3,(H,29,30,32). The van der Waals surface area contributed by atoms with Crippen molar-refractivity contribution in [2.45, 2.75) is 25.3 Å². The number of pyridine rings is 2. The van der Waals surface area contributed by atoms with Gasteiger partial charge in [-0.1, -0.05) is 23.7 Å². The van der Waals surface area contributed by atoms with Gasteiger partial charge in [0.1, 0.15) is 11.4 Å². The van der Waals surface area contributed by atoms with Crippen molar-refractivity contribution in [3.05, 3.63) is 77.2 Å². The fraction of sp³-hybridized carbons (Fsp3) is 0.280. The summed E-state index contributed by atoms with van der Waals surface area (Å²) in [6.45, 7) is 1.43. The van der Waals surface area contributed by atoms with E-state index in [1.54, 1.807) is 30.6 Å². The summed E-state index contributed by atoms with van der Waals surface area (Å²) in [5.41, 5.74) is 2.50. The molecule has 1 aromatic carbocycles. The van der Waals surface area contributed by atoms with Gasteiger partial charge in [0, 0.05) is 43.4 Å². The van der Waals surface area contributed by atoms with Gasteiger partial charge in [-0.15, -0.1) is 0 Å². The Balaban J connectivity index is 1.50. The molecule has 1 amide bonds. The lowest BCUT2D eigenvalue weighted by Crippen LogP contribution is -2.44. The smallest absolute Gasteiger partial charge is 0.341 e. The number of rotatable bonds is 7. The number of methoxy groups -OCH3 is 1. The van der Waals surface area contributed by atoms with Crippen LogP contribution in [0.4, 0.5) is 17.2 Å². The number of benzene rings is 1. The minimum Gasteiger partial charge on any atom is -0.465 e. The first-order valence-electron chi connectivity index (χ1n) is 11.1. The number of para-hydroxylation sites is 1. The molecule has 3 aromatic rings. The third-order valence-corrected chi connectivity index (χ3v) is 6.03. The lowest BCUT2D eigenvalue weighted by molar-refractivity contribution is 0.0600. The molecule has 176 valence electrons. The van der Waals surface area contributed by atoms with E-state index in [1.165, 1.54) is 13.3 Å². The van der Waals surface area contributed by atoms with Crippen LogP contribution in [0.2, 0.25) is 5.02 Å². The third kappa shape index (κ3) is 5.46. The predicted octanol–water partition coefficient (Wildman–Crippen LogP) is 4.64. The van der Waals surface area contributed by atoms with Gasteiger partial charge < -0.3 is 20.3 Å². The topological polar surface area (TPSA) is 96.5 Å². The van der Waals surface area contributed by atoms with Gasteiger partial charge in [-0.05, 0) is 49.6 Å². The minimum absolute atomic E-state index is 0.133. The third-order valence-electron chi connectivity index (χ3n) is 5.81. The number of carbonyl (C=O) groups is 2. The van der Waals surface area contributed by atoms with Gasteiger partial charge in [-0.25, -0.2) is 9.78 Å². The van der Waals surface area contributed by atoms with Crippen molar-refractivity contribution in [2.75, 3.05) is 35.7 Å². The molecule has 0 radical (unpaired) electrons. The average molecular weight is 480 g/mol. The maximum Gasteiger partial charge on any atom is 0.341 e. The number of esters is 1. The summed E-state index contributed by atoms with van der Waals surface area (Å²) < 4.78 is 4.95. The van der Waals surface area contributed by atoms with Gasteiger partial charge in [0.25, 0.3) is 5.91 Å². The number of halogens is 1. The molecule has 1 aliphatic rings. The Kier molecular flexibility index (Phi) is 7.59. The number of nitrogens with one attached hydrogen (secondary N) is 2. The van der Waals surface area contributed by atoms with Gasteiger partial charge in [0.05, 0.1) is 23.4 Å². The molecular weight excluding hydrogens is 454 g/mol. The van der Waals surface area contributed by atoms with Crippen LogP contribution in [0.25, 0.3) is 0 Å². The molecule has 0 saturated carbocycles. The zero-order valence-corrected chi connectivity index (χ0v) is 19.6. The second-order valence-corrected chi connectivity index (χ2v) is 8.41. The van der Waals surface area contributed by atoms with Crippen LogP contribution in [0.5, 0.6) is 0 Å². The second kappa shape index (κ2) is 11.0. The molecular formula is C25H26ClN5O3. The van der Waals surface area contributed by atoms with E-state index in [9.17, 15) is 9.59 Å². The van der Waals surface area contributed by atoms with E-state index in [1.807, 2.05) is 24.3 Å². The molecule has 1 saturated heterocycles. The number of anilines is 3. The molecule has 1 atom stereocenters. The SMILES string of the molecule is COC(=O)c1cnccc1N1CCCCC1CNc1ccccc1C(=O)Nc1ccc(Cl)cn1. The Hall–Kier alpha value is -3.65. The van der Waals surface area contributed by atoms with Crippen LogP contribution in [0, 0.1) is 0 Å². The van der Waals surface area contributed by atoms with Crippen LogP contribution in [0.3, 0.4) is 0 Å². The second-order valence-electron chi connectivity index (χ2n) is 7.97. The van der Waals surface area contributed by atoms with E-state index in [2.05, 4.69) is 25.5 Å². The summed E-state index contributed by atoms with van der Waals surface area (Å²) in [5, 5.41) is 6.75. The first-order chi connectivity index (χ1) is 16.6. The van der Waals surface area contributed by atoms with Crippen LogP contribution in [-0.2, 0) is 4.74 Å². The number of hydrogen-bond donors (Lipinski definition) is 2. The van der Waals surface area contributed by atoms with E-state index in [0.29, 0.717) is 28.5 Å². The van der Waals surface area contributed by atoms with Crippen molar-refractivity contribution in [1.29, 1.82) is 0 Å². The Morgan fingerprint density at radius 2 is 1.97 bits per heavy atom. The van der Waals surface area contributed by atoms with Crippen LogP contribution in [-0.4, -0.2) is 48.1 Å². The summed E-state index contributed by atoms with van der Waals surface area (Å²) >= 11 is 5.88. The monoisotopic (exact) mass is 479 g/mol. The zero-order valence-electron chi connectivity index (χ0n) is 18.8. The molecule has 3 heterocycles. The first kappa shape index (κ1) is 23.5. The average Bonchev–Trinajstić information content (AvgIpc) is 2.88. The van der Waals surface area contributed by atoms with Gasteiger partial charge in [-0.2, -0.15) is 0 Å². The van der Waals surface area contributed by atoms with Crippen LogP contribution < -0.4 is 15.5 Å². The molecule has 4 rings (SSSR count). The highest BCUT2D eigenvalue weighted by atomic mass is 35.5. The predicted molar refractivity (Wildman–Crippen MR) is 133 cm³/mol. The number of carbonyl (C=O) groups excluding carboxylic acids is 2. The van der Waals surface area contributed by atoms with Gasteiger partial charge in [-0.3, -0.25) is 9.78 Å². The molecule has 34 heavy (non-hydrogen) atoms. The number of amides is 1. The molecule has 9 heteroatoms. The van der Waals surface area contributed by atoms with Crippen LogP contribution >= 0.6 is 11.6 Å². The van der Waals surface area contributed by atoms with Crippen molar-refractivity contribution in [2.24, 2.45) is 0 Å². The quantitative estimate of drug-likeness (QED) is 0.476.